The van der Waals surface area contributed by atoms with Crippen molar-refractivity contribution in [1.29, 1.82) is 0 Å². The summed E-state index contributed by atoms with van der Waals surface area (Å²) in [5.74, 6) is 0. The maximum atomic E-state index is 9.17. The second kappa shape index (κ2) is 6.09. The van der Waals surface area contributed by atoms with Crippen LogP contribution in [0.5, 0.6) is 0 Å². The van der Waals surface area contributed by atoms with Crippen LogP contribution in [0.2, 0.25) is 0 Å². The molecule has 1 aliphatic heterocycles. The molecule has 1 N–H and O–H groups in total. The van der Waals surface area contributed by atoms with E-state index in [0.29, 0.717) is 6.61 Å². The molecular formula is C8H16KNO2. The van der Waals surface area contributed by atoms with Crippen LogP contribution < -0.4 is 51.4 Å². The fourth-order valence-corrected chi connectivity index (χ4v) is 1.69. The molecule has 1 unspecified atom stereocenters. The minimum Gasteiger partial charge on any atom is -0.554 e. The van der Waals surface area contributed by atoms with Crippen molar-refractivity contribution in [3.63, 3.8) is 0 Å². The third kappa shape index (κ3) is 2.75. The number of aliphatic hydroxyl groups is 1. The van der Waals surface area contributed by atoms with E-state index in [0.717, 1.165) is 19.4 Å². The van der Waals surface area contributed by atoms with Crippen molar-refractivity contribution in [2.75, 3.05) is 26.8 Å². The Hall–Kier alpha value is 1.52. The molecule has 1 saturated heterocycles. The van der Waals surface area contributed by atoms with E-state index in [2.05, 4.69) is 12.0 Å². The zero-order chi connectivity index (χ0) is 8.32. The van der Waals surface area contributed by atoms with Gasteiger partial charge >= 0.3 is 51.4 Å². The Bertz CT molecular complexity index is 134. The molecule has 1 aliphatic rings. The predicted molar refractivity (Wildman–Crippen MR) is 43.0 cm³/mol. The van der Waals surface area contributed by atoms with Gasteiger partial charge < -0.3 is 9.84 Å². The number of ether oxygens (including phenoxy) is 1. The van der Waals surface area contributed by atoms with Crippen LogP contribution in [0.3, 0.4) is 0 Å². The first-order valence-corrected chi connectivity index (χ1v) is 3.94. The van der Waals surface area contributed by atoms with Gasteiger partial charge in [0.1, 0.15) is 0 Å². The van der Waals surface area contributed by atoms with Crippen LogP contribution in [0.4, 0.5) is 0 Å². The molecule has 1 fully saturated rings. The van der Waals surface area contributed by atoms with E-state index < -0.39 is 0 Å². The number of likely N-dealkylation sites (tertiary alicyclic amines) is 1. The Morgan fingerprint density at radius 1 is 1.67 bits per heavy atom. The topological polar surface area (TPSA) is 32.7 Å². The van der Waals surface area contributed by atoms with Gasteiger partial charge in [-0.05, 0) is 26.4 Å². The van der Waals surface area contributed by atoms with Crippen molar-refractivity contribution < 1.29 is 61.2 Å². The van der Waals surface area contributed by atoms with E-state index in [4.69, 9.17) is 9.84 Å². The predicted octanol–water partition coefficient (Wildman–Crippen LogP) is -2.74. The molecule has 0 radical (unpaired) electrons. The average molecular weight is 197 g/mol. The van der Waals surface area contributed by atoms with Crippen LogP contribution in [0, 0.1) is 7.11 Å². The molecule has 0 aromatic carbocycles. The molecule has 1 rings (SSSR count). The van der Waals surface area contributed by atoms with Crippen molar-refractivity contribution in [3.05, 3.63) is 7.11 Å². The Kier molecular flexibility index (Phi) is 6.85. The van der Waals surface area contributed by atoms with Crippen molar-refractivity contribution in [2.24, 2.45) is 0 Å². The van der Waals surface area contributed by atoms with Crippen LogP contribution in [0.1, 0.15) is 12.8 Å². The summed E-state index contributed by atoms with van der Waals surface area (Å²) in [7, 11) is 5.35. The first-order chi connectivity index (χ1) is 5.25. The molecule has 12 heavy (non-hydrogen) atoms. The maximum Gasteiger partial charge on any atom is 1.00 e. The molecule has 0 spiro atoms. The quantitative estimate of drug-likeness (QED) is 0.393. The summed E-state index contributed by atoms with van der Waals surface area (Å²) in [4.78, 5) is 2.15. The molecule has 0 amide bonds. The standard InChI is InChI=1S/C8H16NO2.K/c1-9-5-3-4-8(9,6-10)7-11-2;/h10H,2-7H2,1H3;/q-1;+1. The minimum absolute atomic E-state index is 0. The van der Waals surface area contributed by atoms with Gasteiger partial charge in [0.2, 0.25) is 0 Å². The van der Waals surface area contributed by atoms with E-state index in [1.54, 1.807) is 0 Å². The van der Waals surface area contributed by atoms with Crippen molar-refractivity contribution >= 4 is 0 Å². The SMILES string of the molecule is [CH2-]OCC1(CO)CCCN1C.[K+]. The fourth-order valence-electron chi connectivity index (χ4n) is 1.69. The fraction of sp³-hybridized carbons (Fsp3) is 0.875. The molecule has 0 aromatic heterocycles. The number of hydrogen-bond donors (Lipinski definition) is 1. The summed E-state index contributed by atoms with van der Waals surface area (Å²) in [5.41, 5.74) is -0.151. The Morgan fingerprint density at radius 3 is 2.67 bits per heavy atom. The zero-order valence-electron chi connectivity index (χ0n) is 8.05. The normalized spacial score (nSPS) is 30.2. The van der Waals surface area contributed by atoms with Crippen LogP contribution in [0.25, 0.3) is 0 Å². The summed E-state index contributed by atoms with van der Waals surface area (Å²) in [6.07, 6.45) is 2.15. The maximum absolute atomic E-state index is 9.17. The molecule has 1 heterocycles. The third-order valence-electron chi connectivity index (χ3n) is 2.61. The smallest absolute Gasteiger partial charge is 0.554 e. The van der Waals surface area contributed by atoms with Gasteiger partial charge in [0.25, 0.3) is 0 Å². The van der Waals surface area contributed by atoms with Crippen molar-refractivity contribution in [1.82, 2.24) is 4.90 Å². The molecule has 0 aromatic rings. The van der Waals surface area contributed by atoms with E-state index >= 15 is 0 Å². The van der Waals surface area contributed by atoms with E-state index in [1.165, 1.54) is 0 Å². The zero-order valence-corrected chi connectivity index (χ0v) is 11.2. The summed E-state index contributed by atoms with van der Waals surface area (Å²) in [5, 5.41) is 9.17. The van der Waals surface area contributed by atoms with Crippen molar-refractivity contribution in [3.8, 4) is 0 Å². The molecule has 0 saturated carbocycles. The van der Waals surface area contributed by atoms with Gasteiger partial charge in [-0.2, -0.15) is 0 Å². The number of aliphatic hydroxyl groups excluding tert-OH is 1. The molecule has 0 aliphatic carbocycles. The second-order valence-electron chi connectivity index (χ2n) is 3.26. The van der Waals surface area contributed by atoms with Crippen LogP contribution >= 0.6 is 0 Å². The summed E-state index contributed by atoms with van der Waals surface area (Å²) in [6.45, 7) is 1.74. The van der Waals surface area contributed by atoms with Gasteiger partial charge in [-0.15, -0.1) is 0 Å². The second-order valence-corrected chi connectivity index (χ2v) is 3.26. The van der Waals surface area contributed by atoms with Crippen LogP contribution in [0.15, 0.2) is 0 Å². The molecule has 3 nitrogen and oxygen atoms in total. The monoisotopic (exact) mass is 197 g/mol. The van der Waals surface area contributed by atoms with Crippen LogP contribution in [-0.2, 0) is 4.74 Å². The van der Waals surface area contributed by atoms with Gasteiger partial charge in [-0.3, -0.25) is 4.90 Å². The van der Waals surface area contributed by atoms with E-state index in [9.17, 15) is 0 Å². The Balaban J connectivity index is 0.00000121. The molecule has 0 bridgehead atoms. The molecule has 1 atom stereocenters. The number of nitrogens with zero attached hydrogens (tertiary/aromatic N) is 1. The largest absolute Gasteiger partial charge is 1.00 e. The third-order valence-corrected chi connectivity index (χ3v) is 2.61. The van der Waals surface area contributed by atoms with Gasteiger partial charge in [0.05, 0.1) is 12.1 Å². The molecule has 4 heteroatoms. The summed E-state index contributed by atoms with van der Waals surface area (Å²) in [6, 6.07) is 0. The van der Waals surface area contributed by atoms with Crippen molar-refractivity contribution in [2.45, 2.75) is 18.4 Å². The summed E-state index contributed by atoms with van der Waals surface area (Å²) >= 11 is 0. The van der Waals surface area contributed by atoms with Crippen LogP contribution in [-0.4, -0.2) is 42.4 Å². The van der Waals surface area contributed by atoms with Gasteiger partial charge in [-0.25, -0.2) is 7.11 Å². The first kappa shape index (κ1) is 13.5. The number of rotatable bonds is 3. The summed E-state index contributed by atoms with van der Waals surface area (Å²) < 4.78 is 4.84. The molecular weight excluding hydrogens is 181 g/mol. The van der Waals surface area contributed by atoms with E-state index in [-0.39, 0.29) is 63.5 Å². The Labute approximate surface area is 117 Å². The van der Waals surface area contributed by atoms with E-state index in [1.807, 2.05) is 7.05 Å². The van der Waals surface area contributed by atoms with Gasteiger partial charge in [-0.1, -0.05) is 0 Å². The first-order valence-electron chi connectivity index (χ1n) is 3.94. The molecule has 66 valence electrons. The van der Waals surface area contributed by atoms with Gasteiger partial charge in [0, 0.05) is 6.61 Å². The van der Waals surface area contributed by atoms with Gasteiger partial charge in [0.15, 0.2) is 0 Å². The number of likely N-dealkylation sites (N-methyl/N-ethyl adjacent to an activating group) is 1. The average Bonchev–Trinajstić information content (AvgIpc) is 2.35. The minimum atomic E-state index is -0.151. The number of hydrogen-bond acceptors (Lipinski definition) is 3. The Morgan fingerprint density at radius 2 is 2.33 bits per heavy atom.